The maximum atomic E-state index is 12.9. The normalized spacial score (nSPS) is 27.7. The van der Waals surface area contributed by atoms with Crippen LogP contribution in [0.2, 0.25) is 0 Å². The van der Waals surface area contributed by atoms with Gasteiger partial charge < -0.3 is 15.5 Å². The lowest BCUT2D eigenvalue weighted by molar-refractivity contribution is -0.120. The van der Waals surface area contributed by atoms with Crippen molar-refractivity contribution in [1.82, 2.24) is 25.5 Å². The molecule has 9 heteroatoms. The van der Waals surface area contributed by atoms with E-state index >= 15 is 0 Å². The van der Waals surface area contributed by atoms with Crippen LogP contribution in [0.1, 0.15) is 31.2 Å². The van der Waals surface area contributed by atoms with Crippen LogP contribution in [0.25, 0.3) is 0 Å². The van der Waals surface area contributed by atoms with Crippen LogP contribution in [0.15, 0.2) is 42.7 Å². The summed E-state index contributed by atoms with van der Waals surface area (Å²) in [6, 6.07) is 10.6. The molecule has 1 saturated carbocycles. The van der Waals surface area contributed by atoms with Crippen molar-refractivity contribution < 1.29 is 9.59 Å². The van der Waals surface area contributed by atoms with Gasteiger partial charge in [-0.2, -0.15) is 0 Å². The minimum atomic E-state index is -0.241. The fourth-order valence-electron chi connectivity index (χ4n) is 5.51. The van der Waals surface area contributed by atoms with Gasteiger partial charge in [-0.05, 0) is 45.3 Å². The van der Waals surface area contributed by atoms with Crippen molar-refractivity contribution in [2.45, 2.75) is 36.8 Å². The lowest BCUT2D eigenvalue weighted by Crippen LogP contribution is -2.54. The Kier molecular flexibility index (Phi) is 5.44. The van der Waals surface area contributed by atoms with E-state index in [0.29, 0.717) is 31.3 Å². The zero-order chi connectivity index (χ0) is 23.1. The number of rotatable bonds is 4. The van der Waals surface area contributed by atoms with Gasteiger partial charge in [0.1, 0.15) is 0 Å². The third-order valence-corrected chi connectivity index (χ3v) is 7.54. The Morgan fingerprint density at radius 2 is 1.70 bits per heavy atom. The number of benzene rings is 1. The molecule has 2 N–H and O–H groups in total. The summed E-state index contributed by atoms with van der Waals surface area (Å²) in [7, 11) is 4.30. The van der Waals surface area contributed by atoms with Crippen LogP contribution in [0.3, 0.4) is 0 Å². The van der Waals surface area contributed by atoms with Gasteiger partial charge in [-0.25, -0.2) is 14.8 Å². The zero-order valence-electron chi connectivity index (χ0n) is 19.3. The molecule has 3 heterocycles. The van der Waals surface area contributed by atoms with Gasteiger partial charge in [0.05, 0.1) is 36.7 Å². The van der Waals surface area contributed by atoms with E-state index in [1.807, 2.05) is 4.90 Å². The van der Waals surface area contributed by atoms with E-state index in [-0.39, 0.29) is 29.6 Å². The first-order chi connectivity index (χ1) is 15.9. The van der Waals surface area contributed by atoms with E-state index in [1.54, 1.807) is 17.3 Å². The van der Waals surface area contributed by atoms with E-state index in [1.165, 1.54) is 5.56 Å². The second-order valence-corrected chi connectivity index (χ2v) is 9.60. The van der Waals surface area contributed by atoms with Crippen LogP contribution in [0, 0.1) is 0 Å². The second-order valence-electron chi connectivity index (χ2n) is 9.60. The highest BCUT2D eigenvalue weighted by atomic mass is 16.2. The van der Waals surface area contributed by atoms with Gasteiger partial charge in [-0.15, -0.1) is 0 Å². The molecule has 1 aromatic heterocycles. The average Bonchev–Trinajstić information content (AvgIpc) is 3.16. The summed E-state index contributed by atoms with van der Waals surface area (Å²) in [5, 5.41) is 6.08. The van der Waals surface area contributed by atoms with Crippen molar-refractivity contribution in [3.05, 3.63) is 48.3 Å². The standard InChI is InChI=1S/C24H31N7O2/c1-29(2)24(18-6-4-3-5-7-18)10-8-23(9-11-24)17-31(22(33)28-23)19-14-26-21(27-15-19)30-13-12-25-20(32)16-30/h3-7,14-15H,8-13,16-17H2,1-2H3,(H,25,32)(H,28,33)/t23-,24+. The topological polar surface area (TPSA) is 93.7 Å². The van der Waals surface area contributed by atoms with E-state index in [2.05, 4.69) is 69.9 Å². The first kappa shape index (κ1) is 21.6. The quantitative estimate of drug-likeness (QED) is 0.738. The Morgan fingerprint density at radius 3 is 2.33 bits per heavy atom. The molecule has 3 aliphatic rings. The molecule has 0 atom stereocenters. The monoisotopic (exact) mass is 449 g/mol. The summed E-state index contributed by atoms with van der Waals surface area (Å²) in [5.41, 5.74) is 1.76. The number of anilines is 2. The van der Waals surface area contributed by atoms with Crippen LogP contribution in [-0.4, -0.2) is 72.6 Å². The molecule has 9 nitrogen and oxygen atoms in total. The van der Waals surface area contributed by atoms with Gasteiger partial charge in [0, 0.05) is 18.6 Å². The number of carbonyl (C=O) groups is 2. The van der Waals surface area contributed by atoms with Gasteiger partial charge >= 0.3 is 6.03 Å². The smallest absolute Gasteiger partial charge is 0.322 e. The molecular formula is C24H31N7O2. The first-order valence-electron chi connectivity index (χ1n) is 11.6. The van der Waals surface area contributed by atoms with Crippen molar-refractivity contribution in [3.8, 4) is 0 Å². The van der Waals surface area contributed by atoms with Crippen molar-refractivity contribution in [3.63, 3.8) is 0 Å². The number of hydrogen-bond donors (Lipinski definition) is 2. The van der Waals surface area contributed by atoms with Gasteiger partial charge in [-0.1, -0.05) is 30.3 Å². The summed E-state index contributed by atoms with van der Waals surface area (Å²) < 4.78 is 0. The lowest BCUT2D eigenvalue weighted by atomic mass is 9.69. The molecule has 3 fully saturated rings. The molecule has 0 radical (unpaired) electrons. The maximum absolute atomic E-state index is 12.9. The number of carbonyl (C=O) groups excluding carboxylic acids is 2. The molecule has 174 valence electrons. The molecule has 0 bridgehead atoms. The molecule has 5 rings (SSSR count). The highest BCUT2D eigenvalue weighted by Gasteiger charge is 2.50. The van der Waals surface area contributed by atoms with Crippen LogP contribution in [0.5, 0.6) is 0 Å². The predicted octanol–water partition coefficient (Wildman–Crippen LogP) is 1.71. The van der Waals surface area contributed by atoms with Crippen molar-refractivity contribution >= 4 is 23.6 Å². The largest absolute Gasteiger partial charge is 0.353 e. The van der Waals surface area contributed by atoms with Crippen LogP contribution in [0.4, 0.5) is 16.4 Å². The van der Waals surface area contributed by atoms with Crippen molar-refractivity contribution in [2.24, 2.45) is 0 Å². The van der Waals surface area contributed by atoms with E-state index in [9.17, 15) is 9.59 Å². The van der Waals surface area contributed by atoms with E-state index < -0.39 is 0 Å². The third kappa shape index (κ3) is 3.90. The predicted molar refractivity (Wildman–Crippen MR) is 126 cm³/mol. The summed E-state index contributed by atoms with van der Waals surface area (Å²) in [4.78, 5) is 39.4. The fourth-order valence-corrected chi connectivity index (χ4v) is 5.51. The Balaban J connectivity index is 1.29. The Hall–Kier alpha value is -3.20. The van der Waals surface area contributed by atoms with E-state index in [0.717, 1.165) is 25.7 Å². The summed E-state index contributed by atoms with van der Waals surface area (Å²) in [6.07, 6.45) is 7.14. The molecule has 1 spiro atoms. The van der Waals surface area contributed by atoms with E-state index in [4.69, 9.17) is 0 Å². The van der Waals surface area contributed by atoms with Crippen LogP contribution < -0.4 is 20.4 Å². The van der Waals surface area contributed by atoms with Gasteiger partial charge in [0.25, 0.3) is 0 Å². The zero-order valence-corrected chi connectivity index (χ0v) is 19.3. The number of nitrogens with zero attached hydrogens (tertiary/aromatic N) is 5. The van der Waals surface area contributed by atoms with Gasteiger partial charge in [0.2, 0.25) is 11.9 Å². The molecule has 1 aliphatic carbocycles. The fraction of sp³-hybridized carbons (Fsp3) is 0.500. The number of nitrogens with one attached hydrogen (secondary N) is 2. The van der Waals surface area contributed by atoms with Crippen molar-refractivity contribution in [2.75, 3.05) is 50.1 Å². The molecule has 1 aromatic carbocycles. The molecule has 33 heavy (non-hydrogen) atoms. The summed E-state index contributed by atoms with van der Waals surface area (Å²) in [5.74, 6) is 0.482. The summed E-state index contributed by atoms with van der Waals surface area (Å²) in [6.45, 7) is 2.12. The Morgan fingerprint density at radius 1 is 1.00 bits per heavy atom. The Labute approximate surface area is 194 Å². The summed E-state index contributed by atoms with van der Waals surface area (Å²) >= 11 is 0. The van der Waals surface area contributed by atoms with Gasteiger partial charge in [0.15, 0.2) is 0 Å². The molecule has 3 amide bonds. The molecular weight excluding hydrogens is 418 g/mol. The first-order valence-corrected chi connectivity index (χ1v) is 11.6. The highest BCUT2D eigenvalue weighted by molar-refractivity contribution is 5.95. The van der Waals surface area contributed by atoms with Crippen LogP contribution in [-0.2, 0) is 10.3 Å². The highest BCUT2D eigenvalue weighted by Crippen LogP contribution is 2.46. The molecule has 0 unspecified atom stereocenters. The minimum absolute atomic E-state index is 0.0177. The molecule has 2 aliphatic heterocycles. The third-order valence-electron chi connectivity index (χ3n) is 7.54. The number of aromatic nitrogens is 2. The molecule has 2 aromatic rings. The van der Waals surface area contributed by atoms with Crippen molar-refractivity contribution in [1.29, 1.82) is 0 Å². The number of amides is 3. The number of hydrogen-bond acceptors (Lipinski definition) is 6. The minimum Gasteiger partial charge on any atom is -0.353 e. The second kappa shape index (κ2) is 8.30. The van der Waals surface area contributed by atoms with Gasteiger partial charge in [-0.3, -0.25) is 14.6 Å². The maximum Gasteiger partial charge on any atom is 0.322 e. The SMILES string of the molecule is CN(C)[C@]1(c2ccccc2)CC[C@]2(CC1)CN(c1cnc(N3CCNC(=O)C3)nc1)C(=O)N2. The molecule has 2 saturated heterocycles. The lowest BCUT2D eigenvalue weighted by Gasteiger charge is -2.48. The van der Waals surface area contributed by atoms with Crippen LogP contribution >= 0.6 is 0 Å². The number of urea groups is 1. The average molecular weight is 450 g/mol. The Bertz CT molecular complexity index is 1020. The number of piperazine rings is 1.